The summed E-state index contributed by atoms with van der Waals surface area (Å²) < 4.78 is 0. The highest BCUT2D eigenvalue weighted by molar-refractivity contribution is 5.47. The lowest BCUT2D eigenvalue weighted by atomic mass is 9.63. The molecule has 1 fully saturated rings. The second-order valence-electron chi connectivity index (χ2n) is 16.1. The molecular formula is C49H68N2. The second-order valence-corrected chi connectivity index (χ2v) is 16.1. The molecule has 0 saturated heterocycles. The van der Waals surface area contributed by atoms with Crippen LogP contribution in [0.2, 0.25) is 0 Å². The van der Waals surface area contributed by atoms with E-state index in [1.165, 1.54) is 149 Å². The fraction of sp³-hybridized carbons (Fsp3) is 0.510. The molecule has 0 radical (unpaired) electrons. The minimum absolute atomic E-state index is 0.0650. The predicted octanol–water partition coefficient (Wildman–Crippen LogP) is 14.1. The monoisotopic (exact) mass is 685 g/mol. The highest BCUT2D eigenvalue weighted by atomic mass is 14.5. The molecule has 0 aliphatic heterocycles. The van der Waals surface area contributed by atoms with Gasteiger partial charge in [0.25, 0.3) is 0 Å². The van der Waals surface area contributed by atoms with Crippen LogP contribution in [0.3, 0.4) is 0 Å². The van der Waals surface area contributed by atoms with Crippen LogP contribution < -0.4 is 11.5 Å². The lowest BCUT2D eigenvalue weighted by molar-refractivity contribution is 0.280. The predicted molar refractivity (Wildman–Crippen MR) is 223 cm³/mol. The van der Waals surface area contributed by atoms with Crippen molar-refractivity contribution in [3.8, 4) is 0 Å². The van der Waals surface area contributed by atoms with Crippen LogP contribution in [0.4, 0.5) is 11.4 Å². The van der Waals surface area contributed by atoms with Crippen LogP contribution in [0.1, 0.15) is 182 Å². The second kappa shape index (κ2) is 19.9. The highest BCUT2D eigenvalue weighted by Crippen LogP contribution is 2.47. The summed E-state index contributed by atoms with van der Waals surface area (Å²) in [6, 6.07) is 37.1. The summed E-state index contributed by atoms with van der Waals surface area (Å²) in [5.41, 5.74) is 22.6. The number of anilines is 2. The molecule has 4 aromatic carbocycles. The summed E-state index contributed by atoms with van der Waals surface area (Å²) in [7, 11) is 0. The van der Waals surface area contributed by atoms with Crippen molar-refractivity contribution in [3.63, 3.8) is 0 Å². The zero-order valence-corrected chi connectivity index (χ0v) is 32.4. The maximum absolute atomic E-state index is 6.11. The first-order valence-corrected chi connectivity index (χ1v) is 20.8. The van der Waals surface area contributed by atoms with Crippen LogP contribution >= 0.6 is 0 Å². The van der Waals surface area contributed by atoms with Crippen molar-refractivity contribution in [2.45, 2.75) is 154 Å². The lowest BCUT2D eigenvalue weighted by Crippen LogP contribution is -2.32. The molecule has 274 valence electrons. The molecule has 51 heavy (non-hydrogen) atoms. The fourth-order valence-electron chi connectivity index (χ4n) is 8.83. The normalized spacial score (nSPS) is 18.8. The van der Waals surface area contributed by atoms with Gasteiger partial charge in [-0.25, -0.2) is 0 Å². The molecule has 2 heteroatoms. The smallest absolute Gasteiger partial charge is 0.0314 e. The Morgan fingerprint density at radius 2 is 0.784 bits per heavy atom. The van der Waals surface area contributed by atoms with Crippen molar-refractivity contribution in [2.75, 3.05) is 11.5 Å². The summed E-state index contributed by atoms with van der Waals surface area (Å²) in [4.78, 5) is 0. The molecule has 1 saturated carbocycles. The van der Waals surface area contributed by atoms with E-state index in [4.69, 9.17) is 11.5 Å². The number of nitrogen functional groups attached to an aromatic ring is 2. The molecule has 0 amide bonds. The van der Waals surface area contributed by atoms with Crippen LogP contribution in [0.5, 0.6) is 0 Å². The third-order valence-electron chi connectivity index (χ3n) is 12.2. The molecule has 2 nitrogen and oxygen atoms in total. The minimum atomic E-state index is 0.0650. The summed E-state index contributed by atoms with van der Waals surface area (Å²) >= 11 is 0. The van der Waals surface area contributed by atoms with E-state index in [-0.39, 0.29) is 5.41 Å². The Kier molecular flexibility index (Phi) is 15.1. The number of nitrogens with two attached hydrogens (primary N) is 2. The van der Waals surface area contributed by atoms with Crippen LogP contribution in [0.15, 0.2) is 97.1 Å². The average Bonchev–Trinajstić information content (AvgIpc) is 3.16. The van der Waals surface area contributed by atoms with E-state index in [0.29, 0.717) is 11.8 Å². The zero-order valence-electron chi connectivity index (χ0n) is 32.4. The van der Waals surface area contributed by atoms with Crippen molar-refractivity contribution in [3.05, 3.63) is 130 Å². The first kappa shape index (κ1) is 38.7. The van der Waals surface area contributed by atoms with Crippen molar-refractivity contribution >= 4 is 11.4 Å². The highest BCUT2D eigenvalue weighted by Gasteiger charge is 2.37. The maximum Gasteiger partial charge on any atom is 0.0314 e. The van der Waals surface area contributed by atoms with Crippen molar-refractivity contribution in [2.24, 2.45) is 5.92 Å². The van der Waals surface area contributed by atoms with Gasteiger partial charge in [0, 0.05) is 28.6 Å². The Morgan fingerprint density at radius 1 is 0.471 bits per heavy atom. The number of rotatable bonds is 20. The summed E-state index contributed by atoms with van der Waals surface area (Å²) in [6.45, 7) is 7.03. The molecule has 0 aromatic heterocycles. The Balaban J connectivity index is 1.38. The van der Waals surface area contributed by atoms with Crippen LogP contribution in [0.25, 0.3) is 0 Å². The number of hydrogen-bond donors (Lipinski definition) is 2. The molecule has 5 rings (SSSR count). The molecular weight excluding hydrogens is 617 g/mol. The Hall–Kier alpha value is -3.52. The first-order valence-electron chi connectivity index (χ1n) is 20.8. The van der Waals surface area contributed by atoms with E-state index in [0.717, 1.165) is 17.3 Å². The van der Waals surface area contributed by atoms with E-state index in [1.807, 2.05) is 0 Å². The quantitative estimate of drug-likeness (QED) is 0.0719. The van der Waals surface area contributed by atoms with Gasteiger partial charge in [-0.1, -0.05) is 171 Å². The number of benzene rings is 4. The standard InChI is InChI=1S/C49H68N2/c1-4-6-8-10-12-14-16-47(41-22-30-45(50)31-23-41)39-18-26-43(27-19-39)49(36-34-38(3)35-37-49)44-28-20-40(21-29-44)48(17-15-13-11-9-7-5-2)42-24-32-46(51)33-25-42/h18-33,38,47-48H,4-17,34-37,50-51H2,1-3H3. The van der Waals surface area contributed by atoms with E-state index < -0.39 is 0 Å². The minimum Gasteiger partial charge on any atom is -0.399 e. The van der Waals surface area contributed by atoms with Crippen molar-refractivity contribution in [1.29, 1.82) is 0 Å². The summed E-state index contributed by atoms with van der Waals surface area (Å²) in [5.74, 6) is 1.60. The molecule has 0 bridgehead atoms. The van der Waals surface area contributed by atoms with E-state index in [9.17, 15) is 0 Å². The van der Waals surface area contributed by atoms with Gasteiger partial charge in [-0.15, -0.1) is 0 Å². The fourth-order valence-corrected chi connectivity index (χ4v) is 8.83. The van der Waals surface area contributed by atoms with Gasteiger partial charge in [0.05, 0.1) is 0 Å². The summed E-state index contributed by atoms with van der Waals surface area (Å²) in [5, 5.41) is 0. The first-order chi connectivity index (χ1) is 24.9. The van der Waals surface area contributed by atoms with Crippen molar-refractivity contribution in [1.82, 2.24) is 0 Å². The van der Waals surface area contributed by atoms with Gasteiger partial charge in [-0.05, 0) is 102 Å². The number of hydrogen-bond acceptors (Lipinski definition) is 2. The molecule has 4 N–H and O–H groups in total. The van der Waals surface area contributed by atoms with Gasteiger partial charge < -0.3 is 11.5 Å². The molecule has 0 spiro atoms. The average molecular weight is 685 g/mol. The van der Waals surface area contributed by atoms with Gasteiger partial charge in [0.2, 0.25) is 0 Å². The van der Waals surface area contributed by atoms with E-state index in [1.54, 1.807) is 0 Å². The van der Waals surface area contributed by atoms with Crippen LogP contribution in [-0.4, -0.2) is 0 Å². The SMILES string of the molecule is CCCCCCCCC(c1ccc(N)cc1)c1ccc(C2(c3ccc(C(CCCCCCCC)c4ccc(N)cc4)cc3)CCC(C)CC2)cc1. The van der Waals surface area contributed by atoms with E-state index in [2.05, 4.69) is 118 Å². The lowest BCUT2D eigenvalue weighted by Gasteiger charge is -2.41. The largest absolute Gasteiger partial charge is 0.399 e. The summed E-state index contributed by atoms with van der Waals surface area (Å²) in [6.07, 6.45) is 23.3. The third kappa shape index (κ3) is 10.8. The Labute approximate surface area is 311 Å². The zero-order chi connectivity index (χ0) is 35.9. The molecule has 4 aromatic rings. The van der Waals surface area contributed by atoms with Crippen LogP contribution in [-0.2, 0) is 5.41 Å². The number of unbranched alkanes of at least 4 members (excludes halogenated alkanes) is 10. The van der Waals surface area contributed by atoms with Gasteiger partial charge >= 0.3 is 0 Å². The molecule has 1 aliphatic rings. The van der Waals surface area contributed by atoms with Gasteiger partial charge in [0.15, 0.2) is 0 Å². The van der Waals surface area contributed by atoms with Gasteiger partial charge in [-0.2, -0.15) is 0 Å². The molecule has 2 unspecified atom stereocenters. The van der Waals surface area contributed by atoms with Gasteiger partial charge in [-0.3, -0.25) is 0 Å². The topological polar surface area (TPSA) is 52.0 Å². The molecule has 2 atom stereocenters. The van der Waals surface area contributed by atoms with Crippen LogP contribution in [0, 0.1) is 5.92 Å². The van der Waals surface area contributed by atoms with Crippen molar-refractivity contribution < 1.29 is 0 Å². The maximum atomic E-state index is 6.11. The third-order valence-corrected chi connectivity index (χ3v) is 12.2. The molecule has 0 heterocycles. The van der Waals surface area contributed by atoms with E-state index >= 15 is 0 Å². The van der Waals surface area contributed by atoms with Gasteiger partial charge in [0.1, 0.15) is 0 Å². The molecule has 1 aliphatic carbocycles. The Bertz CT molecular complexity index is 1420. The Morgan fingerprint density at radius 3 is 1.14 bits per heavy atom.